The van der Waals surface area contributed by atoms with E-state index in [0.717, 1.165) is 49.4 Å². The van der Waals surface area contributed by atoms with Crippen LogP contribution in [0.2, 0.25) is 0 Å². The predicted molar refractivity (Wildman–Crippen MR) is 134 cm³/mol. The molecule has 2 heteroatoms. The van der Waals surface area contributed by atoms with Gasteiger partial charge in [0.25, 0.3) is 0 Å². The van der Waals surface area contributed by atoms with E-state index in [2.05, 4.69) is 41.5 Å². The molecule has 0 saturated carbocycles. The van der Waals surface area contributed by atoms with Crippen LogP contribution < -0.4 is 0 Å². The minimum absolute atomic E-state index is 0.731. The molecule has 0 bridgehead atoms. The van der Waals surface area contributed by atoms with Gasteiger partial charge in [-0.15, -0.1) is 0 Å². The molecule has 0 radical (unpaired) electrons. The van der Waals surface area contributed by atoms with Crippen molar-refractivity contribution in [3.8, 4) is 0 Å². The monoisotopic (exact) mass is 424 g/mol. The highest BCUT2D eigenvalue weighted by molar-refractivity contribution is 5.06. The standard InChI is InChI=1S/C28H56O2/c1-23(2)13-9-15-25(5)17-11-19-27(7,29)21-22-28(8,30)20-12-18-26(6)16-10-14-24(3)4/h21-26,29-30H,9-20H2,1-8H3/b22-21+. The number of hydrogen-bond acceptors (Lipinski definition) is 2. The Morgan fingerprint density at radius 2 is 0.833 bits per heavy atom. The lowest BCUT2D eigenvalue weighted by atomic mass is 9.89. The third-order valence-electron chi connectivity index (χ3n) is 6.52. The van der Waals surface area contributed by atoms with E-state index in [-0.39, 0.29) is 0 Å². The van der Waals surface area contributed by atoms with Crippen LogP contribution in [0.3, 0.4) is 0 Å². The highest BCUT2D eigenvalue weighted by Crippen LogP contribution is 2.25. The molecule has 0 aromatic rings. The second kappa shape index (κ2) is 15.5. The van der Waals surface area contributed by atoms with Gasteiger partial charge >= 0.3 is 0 Å². The van der Waals surface area contributed by atoms with Crippen LogP contribution in [0.25, 0.3) is 0 Å². The fraction of sp³-hybridized carbons (Fsp3) is 0.929. The highest BCUT2D eigenvalue weighted by atomic mass is 16.3. The van der Waals surface area contributed by atoms with E-state index in [1.54, 1.807) is 0 Å². The molecular weight excluding hydrogens is 368 g/mol. The first kappa shape index (κ1) is 29.7. The molecule has 0 amide bonds. The summed E-state index contributed by atoms with van der Waals surface area (Å²) in [6.45, 7) is 17.6. The van der Waals surface area contributed by atoms with Crippen molar-refractivity contribution < 1.29 is 10.2 Å². The lowest BCUT2D eigenvalue weighted by Crippen LogP contribution is -2.26. The van der Waals surface area contributed by atoms with Gasteiger partial charge in [-0.25, -0.2) is 0 Å². The Hall–Kier alpha value is -0.340. The summed E-state index contributed by atoms with van der Waals surface area (Å²) in [7, 11) is 0. The largest absolute Gasteiger partial charge is 0.386 e. The van der Waals surface area contributed by atoms with E-state index in [1.165, 1.54) is 51.4 Å². The third kappa shape index (κ3) is 18.4. The maximum absolute atomic E-state index is 10.7. The van der Waals surface area contributed by atoms with Gasteiger partial charge in [-0.2, -0.15) is 0 Å². The molecule has 0 aliphatic heterocycles. The highest BCUT2D eigenvalue weighted by Gasteiger charge is 2.21. The zero-order chi connectivity index (χ0) is 23.2. The van der Waals surface area contributed by atoms with Gasteiger partial charge in [-0.1, -0.05) is 118 Å². The molecule has 0 saturated heterocycles. The van der Waals surface area contributed by atoms with Crippen molar-refractivity contribution >= 4 is 0 Å². The van der Waals surface area contributed by atoms with E-state index in [9.17, 15) is 10.2 Å². The summed E-state index contributed by atoms with van der Waals surface area (Å²) in [6, 6.07) is 0. The molecule has 180 valence electrons. The minimum atomic E-state index is -0.828. The Morgan fingerprint density at radius 3 is 1.13 bits per heavy atom. The summed E-state index contributed by atoms with van der Waals surface area (Å²) in [5, 5.41) is 21.4. The van der Waals surface area contributed by atoms with Crippen LogP contribution >= 0.6 is 0 Å². The van der Waals surface area contributed by atoms with Gasteiger partial charge in [-0.05, 0) is 50.4 Å². The minimum Gasteiger partial charge on any atom is -0.386 e. The molecule has 2 N–H and O–H groups in total. The zero-order valence-electron chi connectivity index (χ0n) is 21.8. The Morgan fingerprint density at radius 1 is 0.533 bits per heavy atom. The van der Waals surface area contributed by atoms with Crippen molar-refractivity contribution in [1.82, 2.24) is 0 Å². The maximum atomic E-state index is 10.7. The summed E-state index contributed by atoms with van der Waals surface area (Å²) < 4.78 is 0. The average molecular weight is 425 g/mol. The van der Waals surface area contributed by atoms with Gasteiger partial charge < -0.3 is 10.2 Å². The number of aliphatic hydroxyl groups is 2. The molecule has 0 aliphatic rings. The van der Waals surface area contributed by atoms with Gasteiger partial charge in [0.1, 0.15) is 0 Å². The average Bonchev–Trinajstić information content (AvgIpc) is 2.59. The predicted octanol–water partition coefficient (Wildman–Crippen LogP) is 8.31. The Bertz CT molecular complexity index is 394. The van der Waals surface area contributed by atoms with Crippen LogP contribution in [-0.2, 0) is 0 Å². The molecule has 0 rings (SSSR count). The van der Waals surface area contributed by atoms with E-state index in [4.69, 9.17) is 0 Å². The molecule has 0 aliphatic carbocycles. The summed E-state index contributed by atoms with van der Waals surface area (Å²) in [5.74, 6) is 3.05. The SMILES string of the molecule is CC(C)CCCC(C)CCCC(C)(O)/C=C/C(C)(O)CCCC(C)CCCC(C)C. The maximum Gasteiger partial charge on any atom is 0.0800 e. The van der Waals surface area contributed by atoms with Gasteiger partial charge in [-0.3, -0.25) is 0 Å². The quantitative estimate of drug-likeness (QED) is 0.217. The molecule has 4 atom stereocenters. The van der Waals surface area contributed by atoms with Crippen molar-refractivity contribution in [1.29, 1.82) is 0 Å². The van der Waals surface area contributed by atoms with Gasteiger partial charge in [0.05, 0.1) is 11.2 Å². The van der Waals surface area contributed by atoms with E-state index in [0.29, 0.717) is 0 Å². The fourth-order valence-electron chi connectivity index (χ4n) is 4.18. The van der Waals surface area contributed by atoms with Crippen LogP contribution in [0.15, 0.2) is 12.2 Å². The van der Waals surface area contributed by atoms with Crippen LogP contribution in [0, 0.1) is 23.7 Å². The first-order valence-electron chi connectivity index (χ1n) is 13.0. The van der Waals surface area contributed by atoms with Crippen LogP contribution in [0.5, 0.6) is 0 Å². The molecule has 4 unspecified atom stereocenters. The topological polar surface area (TPSA) is 40.5 Å². The second-order valence-corrected chi connectivity index (χ2v) is 11.7. The van der Waals surface area contributed by atoms with E-state index < -0.39 is 11.2 Å². The molecule has 0 aromatic heterocycles. The van der Waals surface area contributed by atoms with E-state index in [1.807, 2.05) is 26.0 Å². The molecular formula is C28H56O2. The Labute approximate surface area is 189 Å². The second-order valence-electron chi connectivity index (χ2n) is 11.7. The van der Waals surface area contributed by atoms with Crippen molar-refractivity contribution in [3.63, 3.8) is 0 Å². The normalized spacial score (nSPS) is 18.7. The van der Waals surface area contributed by atoms with Crippen molar-refractivity contribution in [2.75, 3.05) is 0 Å². The van der Waals surface area contributed by atoms with Gasteiger partial charge in [0.2, 0.25) is 0 Å². The zero-order valence-corrected chi connectivity index (χ0v) is 21.8. The molecule has 0 heterocycles. The molecule has 30 heavy (non-hydrogen) atoms. The van der Waals surface area contributed by atoms with Crippen molar-refractivity contribution in [2.45, 2.75) is 144 Å². The number of hydrogen-bond donors (Lipinski definition) is 2. The number of rotatable bonds is 18. The lowest BCUT2D eigenvalue weighted by molar-refractivity contribution is 0.0792. The lowest BCUT2D eigenvalue weighted by Gasteiger charge is -2.24. The Balaban J connectivity index is 4.14. The van der Waals surface area contributed by atoms with Crippen LogP contribution in [-0.4, -0.2) is 21.4 Å². The fourth-order valence-corrected chi connectivity index (χ4v) is 4.18. The summed E-state index contributed by atoms with van der Waals surface area (Å²) in [5.41, 5.74) is -1.66. The third-order valence-corrected chi connectivity index (χ3v) is 6.52. The van der Waals surface area contributed by atoms with E-state index >= 15 is 0 Å². The first-order valence-corrected chi connectivity index (χ1v) is 13.0. The smallest absolute Gasteiger partial charge is 0.0800 e. The Kier molecular flexibility index (Phi) is 15.3. The molecule has 0 spiro atoms. The summed E-state index contributed by atoms with van der Waals surface area (Å²) >= 11 is 0. The van der Waals surface area contributed by atoms with Gasteiger partial charge in [0.15, 0.2) is 0 Å². The first-order chi connectivity index (χ1) is 13.8. The van der Waals surface area contributed by atoms with Crippen LogP contribution in [0.1, 0.15) is 132 Å². The van der Waals surface area contributed by atoms with Gasteiger partial charge in [0, 0.05) is 0 Å². The molecule has 0 aromatic carbocycles. The van der Waals surface area contributed by atoms with Crippen molar-refractivity contribution in [2.24, 2.45) is 23.7 Å². The van der Waals surface area contributed by atoms with Crippen LogP contribution in [0.4, 0.5) is 0 Å². The summed E-state index contributed by atoms with van der Waals surface area (Å²) in [6.07, 6.45) is 17.5. The molecule has 0 fully saturated rings. The molecule has 2 nitrogen and oxygen atoms in total. The van der Waals surface area contributed by atoms with Crippen molar-refractivity contribution in [3.05, 3.63) is 12.2 Å². The summed E-state index contributed by atoms with van der Waals surface area (Å²) in [4.78, 5) is 0.